The molecule has 2 amide bonds. The first-order valence-electron chi connectivity index (χ1n) is 11.4. The SMILES string of the molecule is CCN1CC[15N]([13CH2][13CH]2[13CH2][13CH2][13CH2][15N]2[13CH2]C(=O)NCC[13CH2]C(=O)NCCCC(=O)O)[13CH2][13CH2]1. The number of carbonyl (C=O) groups is 3. The fourth-order valence-corrected chi connectivity index (χ4v) is 4.17. The van der Waals surface area contributed by atoms with Gasteiger partial charge in [0, 0.05) is 64.7 Å². The summed E-state index contributed by atoms with van der Waals surface area (Å²) in [5.74, 6) is -0.928. The molecule has 2 heterocycles. The Bertz CT molecular complexity index is 552. The molecule has 2 aliphatic heterocycles. The van der Waals surface area contributed by atoms with Gasteiger partial charge in [0.25, 0.3) is 0 Å². The Morgan fingerprint density at radius 1 is 0.900 bits per heavy atom. The van der Waals surface area contributed by atoms with Gasteiger partial charge in [0.2, 0.25) is 11.8 Å². The number of hydrogen-bond acceptors (Lipinski definition) is 6. The zero-order valence-corrected chi connectivity index (χ0v) is 18.4. The van der Waals surface area contributed by atoms with E-state index >= 15 is 0 Å². The number of likely N-dealkylation sites (tertiary alicyclic amines) is 1. The van der Waals surface area contributed by atoms with E-state index in [1.165, 1.54) is 0 Å². The number of rotatable bonds is 13. The molecule has 0 bridgehead atoms. The summed E-state index contributed by atoms with van der Waals surface area (Å²) < 4.78 is 0. The lowest BCUT2D eigenvalue weighted by atomic mass is 10.3. The lowest BCUT2D eigenvalue weighted by Crippen LogP contribution is -2.51. The summed E-state index contributed by atoms with van der Waals surface area (Å²) in [5, 5.41) is 14.2. The maximum Gasteiger partial charge on any atom is 0.303 e. The molecule has 9 nitrogen and oxygen atoms in total. The van der Waals surface area contributed by atoms with Gasteiger partial charge in [-0.1, -0.05) is 6.92 Å². The third kappa shape index (κ3) is 9.40. The Kier molecular flexibility index (Phi) is 11.1. The molecule has 0 aliphatic carbocycles. The Hall–Kier alpha value is -1.71. The quantitative estimate of drug-likeness (QED) is 0.211. The van der Waals surface area contributed by atoms with Gasteiger partial charge in [-0.25, -0.2) is 0 Å². The number of carboxylic acid groups (broad SMARTS) is 1. The van der Waals surface area contributed by atoms with Gasteiger partial charge in [-0.15, -0.1) is 0 Å². The second kappa shape index (κ2) is 13.6. The smallest absolute Gasteiger partial charge is 0.303 e. The minimum Gasteiger partial charge on any atom is -0.481 e. The molecular formula is C21H39N5O4. The number of aliphatic carboxylic acids is 1. The third-order valence-electron chi connectivity index (χ3n) is 6.02. The van der Waals surface area contributed by atoms with Gasteiger partial charge in [0.15, 0.2) is 0 Å². The summed E-state index contributed by atoms with van der Waals surface area (Å²) in [4.78, 5) is 41.7. The van der Waals surface area contributed by atoms with Crippen LogP contribution in [0.5, 0.6) is 0 Å². The Morgan fingerprint density at radius 3 is 2.20 bits per heavy atom. The van der Waals surface area contributed by atoms with Crippen molar-refractivity contribution in [1.82, 2.24) is 25.3 Å². The second-order valence-corrected chi connectivity index (χ2v) is 8.30. The predicted octanol–water partition coefficient (Wildman–Crippen LogP) is -0.0343. The summed E-state index contributed by atoms with van der Waals surface area (Å²) in [6, 6.07) is 0.459. The molecule has 0 aromatic rings. The van der Waals surface area contributed by atoms with Crippen LogP contribution in [-0.2, 0) is 14.4 Å². The summed E-state index contributed by atoms with van der Waals surface area (Å²) in [6.07, 6.45) is 3.72. The number of carbonyl (C=O) groups excluding carboxylic acids is 2. The van der Waals surface area contributed by atoms with E-state index in [-0.39, 0.29) is 18.2 Å². The van der Waals surface area contributed by atoms with Crippen LogP contribution in [0, 0.1) is 0 Å². The lowest BCUT2D eigenvalue weighted by molar-refractivity contribution is -0.137. The van der Waals surface area contributed by atoms with Gasteiger partial charge >= 0.3 is 5.97 Å². The summed E-state index contributed by atoms with van der Waals surface area (Å²) in [5.41, 5.74) is 0. The number of nitrogens with zero attached hydrogens (tertiary/aromatic N) is 3. The first-order chi connectivity index (χ1) is 14.5. The molecule has 9 heteroatoms. The van der Waals surface area contributed by atoms with Crippen LogP contribution >= 0.6 is 0 Å². The van der Waals surface area contributed by atoms with Crippen LogP contribution in [0.25, 0.3) is 0 Å². The first kappa shape index (κ1) is 24.6. The van der Waals surface area contributed by atoms with Gasteiger partial charge < -0.3 is 20.6 Å². The van der Waals surface area contributed by atoms with E-state index in [1.807, 2.05) is 0 Å². The molecule has 1 atom stereocenters. The molecule has 2 fully saturated rings. The maximum absolute atomic E-state index is 12.3. The average Bonchev–Trinajstić information content (AvgIpc) is 3.15. The molecule has 2 rings (SSSR count). The van der Waals surface area contributed by atoms with Gasteiger partial charge in [0.1, 0.15) is 0 Å². The zero-order valence-electron chi connectivity index (χ0n) is 18.4. The minimum absolute atomic E-state index is 0.0274. The highest BCUT2D eigenvalue weighted by Crippen LogP contribution is 2.18. The number of nitrogens with one attached hydrogen (secondary N) is 2. The Balaban J connectivity index is 1.55. The Labute approximate surface area is 180 Å². The van der Waals surface area contributed by atoms with E-state index in [4.69, 9.17) is 5.11 Å². The van der Waals surface area contributed by atoms with Crippen molar-refractivity contribution in [1.29, 1.82) is 0 Å². The molecule has 0 saturated carbocycles. The molecule has 0 aromatic carbocycles. The van der Waals surface area contributed by atoms with Crippen LogP contribution in [0.15, 0.2) is 0 Å². The van der Waals surface area contributed by atoms with Gasteiger partial charge in [0.05, 0.1) is 6.54 Å². The molecule has 3 N–H and O–H groups in total. The van der Waals surface area contributed by atoms with Crippen molar-refractivity contribution in [3.63, 3.8) is 0 Å². The number of likely N-dealkylation sites (N-methyl/N-ethyl adjacent to an activating group) is 1. The van der Waals surface area contributed by atoms with Crippen LogP contribution in [0.3, 0.4) is 0 Å². The van der Waals surface area contributed by atoms with Crippen molar-refractivity contribution in [2.24, 2.45) is 0 Å². The van der Waals surface area contributed by atoms with Crippen molar-refractivity contribution in [2.45, 2.75) is 51.5 Å². The van der Waals surface area contributed by atoms with Crippen molar-refractivity contribution in [2.75, 3.05) is 65.4 Å². The van der Waals surface area contributed by atoms with Crippen LogP contribution in [0.4, 0.5) is 0 Å². The third-order valence-corrected chi connectivity index (χ3v) is 6.02. The van der Waals surface area contributed by atoms with Crippen molar-refractivity contribution >= 4 is 17.8 Å². The van der Waals surface area contributed by atoms with E-state index in [0.29, 0.717) is 44.9 Å². The molecular weight excluding hydrogens is 397 g/mol. The molecule has 1 unspecified atom stereocenters. The molecule has 30 heavy (non-hydrogen) atoms. The number of amides is 2. The lowest BCUT2D eigenvalue weighted by Gasteiger charge is -2.37. The van der Waals surface area contributed by atoms with Crippen LogP contribution in [-0.4, -0.2) is 109 Å². The van der Waals surface area contributed by atoms with E-state index in [1.54, 1.807) is 0 Å². The fraction of sp³-hybridized carbons (Fsp3) is 0.857. The molecule has 2 aliphatic rings. The van der Waals surface area contributed by atoms with Crippen LogP contribution in [0.1, 0.15) is 45.4 Å². The zero-order chi connectivity index (χ0) is 21.8. The number of hydrogen-bond donors (Lipinski definition) is 3. The van der Waals surface area contributed by atoms with Gasteiger partial charge in [-0.2, -0.15) is 0 Å². The van der Waals surface area contributed by atoms with Crippen LogP contribution in [0.2, 0.25) is 0 Å². The fourth-order valence-electron chi connectivity index (χ4n) is 4.17. The maximum atomic E-state index is 12.3. The molecule has 0 radical (unpaired) electrons. The van der Waals surface area contributed by atoms with E-state index in [2.05, 4.69) is 32.3 Å². The van der Waals surface area contributed by atoms with E-state index in [0.717, 1.165) is 58.7 Å². The number of carboxylic acids is 1. The summed E-state index contributed by atoms with van der Waals surface area (Å²) in [6.45, 7) is 11.1. The highest BCUT2D eigenvalue weighted by molar-refractivity contribution is 5.78. The predicted molar refractivity (Wildman–Crippen MR) is 115 cm³/mol. The molecule has 2 saturated heterocycles. The molecule has 0 spiro atoms. The standard InChI is InChI=1S/C21H39N5O4/c1-2-24-12-14-25(15-13-24)16-18-6-5-11-26(18)17-20(28)23-9-3-7-19(27)22-10-4-8-21(29)30/h18H,2-17H2,1H3,(H,22,27)(H,23,28)(H,29,30)/i5+1,6+1,7+1,11+1,12+1,14+1,16+1,17+1,18+1,25+1,26+1. The minimum atomic E-state index is -0.855. The van der Waals surface area contributed by atoms with Crippen molar-refractivity contribution in [3.05, 3.63) is 0 Å². The summed E-state index contributed by atoms with van der Waals surface area (Å²) >= 11 is 0. The highest BCUT2D eigenvalue weighted by atomic mass is 16.4. The first-order valence-corrected chi connectivity index (χ1v) is 11.4. The highest BCUT2D eigenvalue weighted by Gasteiger charge is 2.28. The van der Waals surface area contributed by atoms with Gasteiger partial charge in [-0.05, 0) is 38.8 Å². The molecule has 172 valence electrons. The average molecular weight is 436 g/mol. The van der Waals surface area contributed by atoms with Gasteiger partial charge in [-0.3, -0.25) is 24.2 Å². The van der Waals surface area contributed by atoms with E-state index < -0.39 is 5.97 Å². The van der Waals surface area contributed by atoms with Crippen molar-refractivity contribution in [3.8, 4) is 0 Å². The Morgan fingerprint density at radius 2 is 1.53 bits per heavy atom. The largest absolute Gasteiger partial charge is 0.481 e. The topological polar surface area (TPSA) is 105 Å². The monoisotopic (exact) mass is 436 g/mol. The second-order valence-electron chi connectivity index (χ2n) is 8.30. The van der Waals surface area contributed by atoms with Crippen molar-refractivity contribution < 1.29 is 19.5 Å². The summed E-state index contributed by atoms with van der Waals surface area (Å²) in [7, 11) is 0. The van der Waals surface area contributed by atoms with E-state index in [9.17, 15) is 14.4 Å². The normalized spacial score (nSPS) is 20.9. The van der Waals surface area contributed by atoms with Crippen LogP contribution < -0.4 is 10.6 Å². The number of piperazine rings is 1. The molecule has 0 aromatic heterocycles.